The number of hydrogen-bond donors (Lipinski definition) is 0. The highest BCUT2D eigenvalue weighted by atomic mass is 35.5. The lowest BCUT2D eigenvalue weighted by molar-refractivity contribution is -0.274. The maximum Gasteiger partial charge on any atom is 0.573 e. The molecule has 0 fully saturated rings. The molecule has 2 nitrogen and oxygen atoms in total. The second-order valence-electron chi connectivity index (χ2n) is 4.60. The van der Waals surface area contributed by atoms with Crippen LogP contribution in [0, 0.1) is 0 Å². The SMILES string of the molecule is O=C(Cl)c1ccc(C(F)(F)F)c(-c2ccc(OC(F)(F)F)cc2)c1. The number of carbonyl (C=O) groups is 1. The lowest BCUT2D eigenvalue weighted by Gasteiger charge is -2.14. The summed E-state index contributed by atoms with van der Waals surface area (Å²) in [4.78, 5) is 11.1. The van der Waals surface area contributed by atoms with Crippen LogP contribution >= 0.6 is 11.6 Å². The van der Waals surface area contributed by atoms with E-state index in [0.29, 0.717) is 6.07 Å². The first-order valence-corrected chi connectivity index (χ1v) is 6.62. The van der Waals surface area contributed by atoms with E-state index in [0.717, 1.165) is 36.4 Å². The van der Waals surface area contributed by atoms with E-state index in [4.69, 9.17) is 11.6 Å². The van der Waals surface area contributed by atoms with E-state index < -0.39 is 29.1 Å². The maximum absolute atomic E-state index is 13.1. The molecule has 0 saturated heterocycles. The Labute approximate surface area is 136 Å². The second-order valence-corrected chi connectivity index (χ2v) is 4.95. The largest absolute Gasteiger partial charge is 0.573 e. The van der Waals surface area contributed by atoms with E-state index in [-0.39, 0.29) is 16.7 Å². The summed E-state index contributed by atoms with van der Waals surface area (Å²) in [5, 5.41) is -0.956. The second kappa shape index (κ2) is 6.35. The minimum Gasteiger partial charge on any atom is -0.406 e. The van der Waals surface area contributed by atoms with Crippen LogP contribution in [0.3, 0.4) is 0 Å². The zero-order chi connectivity index (χ0) is 18.1. The highest BCUT2D eigenvalue weighted by molar-refractivity contribution is 6.67. The van der Waals surface area contributed by atoms with Crippen molar-refractivity contribution in [3.63, 3.8) is 0 Å². The molecule has 0 radical (unpaired) electrons. The maximum atomic E-state index is 13.1. The lowest BCUT2D eigenvalue weighted by atomic mass is 9.97. The molecule has 0 N–H and O–H groups in total. The number of rotatable bonds is 3. The molecule has 2 aromatic rings. The highest BCUT2D eigenvalue weighted by Crippen LogP contribution is 2.38. The molecule has 0 saturated carbocycles. The van der Waals surface area contributed by atoms with Crippen molar-refractivity contribution in [1.82, 2.24) is 0 Å². The molecule has 0 heterocycles. The van der Waals surface area contributed by atoms with Crippen molar-refractivity contribution in [2.24, 2.45) is 0 Å². The molecule has 2 aromatic carbocycles. The molecule has 0 aromatic heterocycles. The Balaban J connectivity index is 2.50. The number of alkyl halides is 6. The van der Waals surface area contributed by atoms with E-state index in [9.17, 15) is 31.1 Å². The van der Waals surface area contributed by atoms with Gasteiger partial charge in [-0.15, -0.1) is 13.2 Å². The number of benzene rings is 2. The van der Waals surface area contributed by atoms with E-state index in [2.05, 4.69) is 4.74 Å². The summed E-state index contributed by atoms with van der Waals surface area (Å²) in [6, 6.07) is 6.32. The molecule has 0 atom stereocenters. The minimum absolute atomic E-state index is 0.0448. The first-order valence-electron chi connectivity index (χ1n) is 6.24. The van der Waals surface area contributed by atoms with Crippen molar-refractivity contribution in [2.75, 3.05) is 0 Å². The molecule has 24 heavy (non-hydrogen) atoms. The lowest BCUT2D eigenvalue weighted by Crippen LogP contribution is -2.17. The minimum atomic E-state index is -4.91. The summed E-state index contributed by atoms with van der Waals surface area (Å²) < 4.78 is 79.2. The van der Waals surface area contributed by atoms with Gasteiger partial charge in [-0.05, 0) is 53.1 Å². The van der Waals surface area contributed by atoms with Crippen LogP contribution < -0.4 is 4.74 Å². The fourth-order valence-electron chi connectivity index (χ4n) is 1.99. The van der Waals surface area contributed by atoms with Gasteiger partial charge in [0.15, 0.2) is 0 Å². The molecule has 0 aliphatic heterocycles. The van der Waals surface area contributed by atoms with Crippen molar-refractivity contribution in [2.45, 2.75) is 12.5 Å². The normalized spacial score (nSPS) is 12.1. The van der Waals surface area contributed by atoms with Crippen LogP contribution in [0.4, 0.5) is 26.3 Å². The van der Waals surface area contributed by atoms with Gasteiger partial charge in [-0.3, -0.25) is 4.79 Å². The van der Waals surface area contributed by atoms with E-state index in [1.54, 1.807) is 0 Å². The molecule has 2 rings (SSSR count). The van der Waals surface area contributed by atoms with Crippen molar-refractivity contribution in [1.29, 1.82) is 0 Å². The molecular formula is C15H7ClF6O2. The zero-order valence-corrected chi connectivity index (χ0v) is 12.3. The van der Waals surface area contributed by atoms with Crippen molar-refractivity contribution < 1.29 is 35.9 Å². The Hall–Kier alpha value is -2.22. The molecule has 0 spiro atoms. The molecule has 128 valence electrons. The van der Waals surface area contributed by atoms with Crippen molar-refractivity contribution in [3.05, 3.63) is 53.6 Å². The van der Waals surface area contributed by atoms with E-state index in [1.807, 2.05) is 0 Å². The van der Waals surface area contributed by atoms with Crippen LogP contribution in [0.2, 0.25) is 0 Å². The van der Waals surface area contributed by atoms with Gasteiger partial charge in [0.05, 0.1) is 5.56 Å². The average Bonchev–Trinajstić information content (AvgIpc) is 2.44. The van der Waals surface area contributed by atoms with E-state index in [1.165, 1.54) is 0 Å². The monoisotopic (exact) mass is 368 g/mol. The predicted molar refractivity (Wildman–Crippen MR) is 73.7 cm³/mol. The van der Waals surface area contributed by atoms with Gasteiger partial charge in [-0.25, -0.2) is 0 Å². The molecular weight excluding hydrogens is 362 g/mol. The summed E-state index contributed by atoms with van der Waals surface area (Å²) in [6.07, 6.45) is -9.63. The quantitative estimate of drug-likeness (QED) is 0.517. The van der Waals surface area contributed by atoms with Crippen LogP contribution in [-0.4, -0.2) is 11.6 Å². The van der Waals surface area contributed by atoms with Crippen LogP contribution in [0.25, 0.3) is 11.1 Å². The Morgan fingerprint density at radius 2 is 1.50 bits per heavy atom. The summed E-state index contributed by atoms with van der Waals surface area (Å²) in [5.41, 5.74) is -1.65. The Bertz CT molecular complexity index is 750. The first kappa shape index (κ1) is 18.1. The third kappa shape index (κ3) is 4.41. The summed E-state index contributed by atoms with van der Waals surface area (Å²) in [7, 11) is 0. The molecule has 0 aliphatic rings. The number of ether oxygens (including phenoxy) is 1. The molecule has 0 amide bonds. The van der Waals surface area contributed by atoms with Gasteiger partial charge in [-0.1, -0.05) is 12.1 Å². The Morgan fingerprint density at radius 3 is 1.96 bits per heavy atom. The molecule has 0 bridgehead atoms. The third-order valence-electron chi connectivity index (χ3n) is 2.95. The van der Waals surface area contributed by atoms with Crippen molar-refractivity contribution >= 4 is 16.8 Å². The van der Waals surface area contributed by atoms with Crippen molar-refractivity contribution in [3.8, 4) is 16.9 Å². The Kier molecular flexibility index (Phi) is 4.80. The van der Waals surface area contributed by atoms with Gasteiger partial charge in [0.2, 0.25) is 0 Å². The number of halogens is 7. The highest BCUT2D eigenvalue weighted by Gasteiger charge is 2.34. The predicted octanol–water partition coefficient (Wildman–Crippen LogP) is 5.65. The number of carbonyl (C=O) groups excluding carboxylic acids is 1. The summed E-state index contributed by atoms with van der Waals surface area (Å²) in [5.74, 6) is -0.579. The topological polar surface area (TPSA) is 26.3 Å². The van der Waals surface area contributed by atoms with Gasteiger partial charge in [-0.2, -0.15) is 13.2 Å². The molecule has 0 unspecified atom stereocenters. The summed E-state index contributed by atoms with van der Waals surface area (Å²) >= 11 is 5.26. The standard InChI is InChI=1S/C15H7ClF6O2/c16-13(23)9-3-6-12(14(17,18)19)11(7-9)8-1-4-10(5-2-8)24-15(20,21)22/h1-7H. The van der Waals surface area contributed by atoms with Gasteiger partial charge in [0.25, 0.3) is 5.24 Å². The van der Waals surface area contributed by atoms with Crippen LogP contribution in [0.15, 0.2) is 42.5 Å². The summed E-state index contributed by atoms with van der Waals surface area (Å²) in [6.45, 7) is 0. The fourth-order valence-corrected chi connectivity index (χ4v) is 2.11. The van der Waals surface area contributed by atoms with Gasteiger partial charge < -0.3 is 4.74 Å². The Morgan fingerprint density at radius 1 is 0.917 bits per heavy atom. The van der Waals surface area contributed by atoms with Gasteiger partial charge >= 0.3 is 12.5 Å². The molecule has 9 heteroatoms. The number of hydrogen-bond acceptors (Lipinski definition) is 2. The smallest absolute Gasteiger partial charge is 0.406 e. The fraction of sp³-hybridized carbons (Fsp3) is 0.133. The first-order chi connectivity index (χ1) is 11.0. The van der Waals surface area contributed by atoms with Gasteiger partial charge in [0, 0.05) is 5.56 Å². The zero-order valence-electron chi connectivity index (χ0n) is 11.5. The average molecular weight is 369 g/mol. The third-order valence-corrected chi connectivity index (χ3v) is 3.17. The molecule has 0 aliphatic carbocycles. The van der Waals surface area contributed by atoms with Crippen LogP contribution in [0.5, 0.6) is 5.75 Å². The van der Waals surface area contributed by atoms with Crippen LogP contribution in [-0.2, 0) is 6.18 Å². The van der Waals surface area contributed by atoms with E-state index >= 15 is 0 Å². The van der Waals surface area contributed by atoms with Gasteiger partial charge in [0.1, 0.15) is 5.75 Å². The van der Waals surface area contributed by atoms with Crippen LogP contribution in [0.1, 0.15) is 15.9 Å².